The van der Waals surface area contributed by atoms with E-state index in [1.54, 1.807) is 30.3 Å². The second-order valence-electron chi connectivity index (χ2n) is 4.58. The fraction of sp³-hybridized carbons (Fsp3) is 0.143. The van der Waals surface area contributed by atoms with E-state index >= 15 is 0 Å². The number of nitrogens with one attached hydrogen (secondary N) is 1. The number of anilines is 1. The Hall–Kier alpha value is -2.96. The first-order chi connectivity index (χ1) is 9.93. The molecule has 1 aromatic heterocycles. The van der Waals surface area contributed by atoms with Gasteiger partial charge in [0, 0.05) is 6.07 Å². The standard InChI is InChI=1S/C14H13N3O4/c1-14(13(18)19,10-5-3-2-4-6-10)16-11-7-8-12(15-9-11)17(20)21/h2-9,16H,1H3,(H,18,19). The van der Waals surface area contributed by atoms with Crippen LogP contribution in [0.1, 0.15) is 12.5 Å². The zero-order chi connectivity index (χ0) is 15.5. The third-order valence-corrected chi connectivity index (χ3v) is 3.11. The van der Waals surface area contributed by atoms with Gasteiger partial charge in [0.2, 0.25) is 0 Å². The van der Waals surface area contributed by atoms with Crippen LogP contribution in [0.5, 0.6) is 0 Å². The molecule has 1 heterocycles. The minimum Gasteiger partial charge on any atom is -0.479 e. The summed E-state index contributed by atoms with van der Waals surface area (Å²) in [6.07, 6.45) is 1.24. The van der Waals surface area contributed by atoms with Gasteiger partial charge in [-0.15, -0.1) is 0 Å². The van der Waals surface area contributed by atoms with Crippen molar-refractivity contribution in [1.29, 1.82) is 0 Å². The van der Waals surface area contributed by atoms with Crippen molar-refractivity contribution >= 4 is 17.5 Å². The molecule has 0 saturated heterocycles. The number of nitrogens with zero attached hydrogens (tertiary/aromatic N) is 2. The van der Waals surface area contributed by atoms with Crippen LogP contribution in [0, 0.1) is 10.1 Å². The van der Waals surface area contributed by atoms with Crippen LogP contribution in [-0.2, 0) is 10.3 Å². The minimum absolute atomic E-state index is 0.294. The van der Waals surface area contributed by atoms with E-state index in [2.05, 4.69) is 10.3 Å². The Morgan fingerprint density at radius 2 is 1.95 bits per heavy atom. The summed E-state index contributed by atoms with van der Waals surface area (Å²) in [5.41, 5.74) is -0.413. The largest absolute Gasteiger partial charge is 0.479 e. The maximum atomic E-state index is 11.6. The second-order valence-corrected chi connectivity index (χ2v) is 4.58. The molecule has 0 fully saturated rings. The van der Waals surface area contributed by atoms with Gasteiger partial charge >= 0.3 is 11.8 Å². The Bertz CT molecular complexity index is 658. The van der Waals surface area contributed by atoms with Crippen LogP contribution in [0.3, 0.4) is 0 Å². The van der Waals surface area contributed by atoms with Crippen molar-refractivity contribution in [2.45, 2.75) is 12.5 Å². The second kappa shape index (κ2) is 5.58. The number of carbonyl (C=O) groups is 1. The van der Waals surface area contributed by atoms with Gasteiger partial charge in [0.25, 0.3) is 0 Å². The lowest BCUT2D eigenvalue weighted by molar-refractivity contribution is -0.389. The third-order valence-electron chi connectivity index (χ3n) is 3.11. The van der Waals surface area contributed by atoms with E-state index in [1.807, 2.05) is 0 Å². The molecule has 0 saturated carbocycles. The van der Waals surface area contributed by atoms with Gasteiger partial charge in [-0.3, -0.25) is 0 Å². The number of nitro groups is 1. The first kappa shape index (κ1) is 14.4. The van der Waals surface area contributed by atoms with Gasteiger partial charge in [0.15, 0.2) is 11.7 Å². The van der Waals surface area contributed by atoms with Crippen molar-refractivity contribution in [3.05, 3.63) is 64.3 Å². The van der Waals surface area contributed by atoms with Crippen LogP contribution >= 0.6 is 0 Å². The summed E-state index contributed by atoms with van der Waals surface area (Å²) >= 11 is 0. The van der Waals surface area contributed by atoms with Crippen LogP contribution in [-0.4, -0.2) is 21.0 Å². The summed E-state index contributed by atoms with van der Waals surface area (Å²) in [5, 5.41) is 22.9. The Kier molecular flexibility index (Phi) is 3.84. The average molecular weight is 287 g/mol. The van der Waals surface area contributed by atoms with E-state index in [1.165, 1.54) is 25.3 Å². The first-order valence-corrected chi connectivity index (χ1v) is 6.11. The number of aromatic nitrogens is 1. The van der Waals surface area contributed by atoms with Crippen molar-refractivity contribution in [3.8, 4) is 0 Å². The van der Waals surface area contributed by atoms with Crippen molar-refractivity contribution in [3.63, 3.8) is 0 Å². The van der Waals surface area contributed by atoms with E-state index in [0.29, 0.717) is 11.3 Å². The number of carboxylic acid groups (broad SMARTS) is 1. The SMILES string of the molecule is CC(Nc1ccc([N+](=O)[O-])nc1)(C(=O)O)c1ccccc1. The molecular formula is C14H13N3O4. The maximum absolute atomic E-state index is 11.6. The summed E-state index contributed by atoms with van der Waals surface area (Å²) < 4.78 is 0. The predicted molar refractivity (Wildman–Crippen MR) is 75.9 cm³/mol. The van der Waals surface area contributed by atoms with Crippen LogP contribution in [0.15, 0.2) is 48.7 Å². The van der Waals surface area contributed by atoms with Crippen molar-refractivity contribution in [1.82, 2.24) is 4.98 Å². The third kappa shape index (κ3) is 2.97. The van der Waals surface area contributed by atoms with E-state index < -0.39 is 16.4 Å². The summed E-state index contributed by atoms with van der Waals surface area (Å²) in [5.74, 6) is -1.36. The molecule has 1 aromatic carbocycles. The Morgan fingerprint density at radius 1 is 1.29 bits per heavy atom. The molecule has 21 heavy (non-hydrogen) atoms. The summed E-state index contributed by atoms with van der Waals surface area (Å²) in [6, 6.07) is 11.3. The van der Waals surface area contributed by atoms with E-state index in [0.717, 1.165) is 0 Å². The number of hydrogen-bond donors (Lipinski definition) is 2. The molecule has 0 bridgehead atoms. The van der Waals surface area contributed by atoms with Gasteiger partial charge in [0.05, 0.1) is 5.69 Å². The van der Waals surface area contributed by atoms with Crippen LogP contribution in [0.25, 0.3) is 0 Å². The first-order valence-electron chi connectivity index (χ1n) is 6.11. The molecule has 0 radical (unpaired) electrons. The molecule has 1 unspecified atom stereocenters. The molecule has 0 amide bonds. The molecular weight excluding hydrogens is 274 g/mol. The highest BCUT2D eigenvalue weighted by Crippen LogP contribution is 2.26. The zero-order valence-corrected chi connectivity index (χ0v) is 11.2. The molecule has 1 atom stereocenters. The molecule has 0 aliphatic rings. The molecule has 0 spiro atoms. The molecule has 2 rings (SSSR count). The smallest absolute Gasteiger partial charge is 0.363 e. The van der Waals surface area contributed by atoms with Crippen LogP contribution in [0.2, 0.25) is 0 Å². The highest BCUT2D eigenvalue weighted by molar-refractivity contribution is 5.84. The van der Waals surface area contributed by atoms with Crippen molar-refractivity contribution < 1.29 is 14.8 Å². The number of aliphatic carboxylic acids is 1. The van der Waals surface area contributed by atoms with Crippen molar-refractivity contribution in [2.75, 3.05) is 5.32 Å². The van der Waals surface area contributed by atoms with Crippen LogP contribution < -0.4 is 5.32 Å². The zero-order valence-electron chi connectivity index (χ0n) is 11.2. The fourth-order valence-electron chi connectivity index (χ4n) is 1.88. The lowest BCUT2D eigenvalue weighted by Crippen LogP contribution is -2.40. The molecule has 0 aliphatic heterocycles. The topological polar surface area (TPSA) is 105 Å². The van der Waals surface area contributed by atoms with Crippen LogP contribution in [0.4, 0.5) is 11.5 Å². The Balaban J connectivity index is 2.33. The molecule has 0 aliphatic carbocycles. The maximum Gasteiger partial charge on any atom is 0.363 e. The average Bonchev–Trinajstić information content (AvgIpc) is 2.48. The van der Waals surface area contributed by atoms with Gasteiger partial charge in [-0.1, -0.05) is 30.3 Å². The number of pyridine rings is 1. The van der Waals surface area contributed by atoms with E-state index in [4.69, 9.17) is 0 Å². The number of hydrogen-bond acceptors (Lipinski definition) is 5. The summed E-state index contributed by atoms with van der Waals surface area (Å²) in [6.45, 7) is 1.52. The highest BCUT2D eigenvalue weighted by atomic mass is 16.6. The van der Waals surface area contributed by atoms with Gasteiger partial charge in [0.1, 0.15) is 0 Å². The van der Waals surface area contributed by atoms with E-state index in [-0.39, 0.29) is 5.82 Å². The minimum atomic E-state index is -1.36. The van der Waals surface area contributed by atoms with Gasteiger partial charge in [-0.05, 0) is 28.5 Å². The molecule has 108 valence electrons. The highest BCUT2D eigenvalue weighted by Gasteiger charge is 2.35. The molecule has 7 nitrogen and oxygen atoms in total. The number of carboxylic acids is 1. The Morgan fingerprint density at radius 3 is 2.43 bits per heavy atom. The summed E-state index contributed by atoms with van der Waals surface area (Å²) in [4.78, 5) is 25.2. The summed E-state index contributed by atoms with van der Waals surface area (Å²) in [7, 11) is 0. The Labute approximate surface area is 120 Å². The van der Waals surface area contributed by atoms with E-state index in [9.17, 15) is 20.0 Å². The quantitative estimate of drug-likeness (QED) is 0.646. The molecule has 2 N–H and O–H groups in total. The van der Waals surface area contributed by atoms with Gasteiger partial charge in [-0.25, -0.2) is 4.79 Å². The number of rotatable bonds is 5. The normalized spacial score (nSPS) is 13.2. The predicted octanol–water partition coefficient (Wildman–Crippen LogP) is 2.40. The number of benzene rings is 1. The lowest BCUT2D eigenvalue weighted by atomic mass is 9.92. The van der Waals surface area contributed by atoms with Gasteiger partial charge < -0.3 is 20.5 Å². The molecule has 7 heteroatoms. The fourth-order valence-corrected chi connectivity index (χ4v) is 1.88. The van der Waals surface area contributed by atoms with Gasteiger partial charge in [-0.2, -0.15) is 0 Å². The molecule has 2 aromatic rings. The monoisotopic (exact) mass is 287 g/mol. The van der Waals surface area contributed by atoms with Crippen molar-refractivity contribution in [2.24, 2.45) is 0 Å². The lowest BCUT2D eigenvalue weighted by Gasteiger charge is -2.27.